The Bertz CT molecular complexity index is 458. The Morgan fingerprint density at radius 2 is 2.10 bits per heavy atom. The van der Waals surface area contributed by atoms with Gasteiger partial charge in [-0.1, -0.05) is 29.8 Å². The van der Waals surface area contributed by atoms with Gasteiger partial charge in [-0.05, 0) is 38.9 Å². The van der Waals surface area contributed by atoms with Crippen molar-refractivity contribution in [2.24, 2.45) is 0 Å². The molecule has 0 saturated carbocycles. The van der Waals surface area contributed by atoms with E-state index in [9.17, 15) is 4.79 Å². The highest BCUT2D eigenvalue weighted by atomic mass is 16.2. The van der Waals surface area contributed by atoms with Crippen molar-refractivity contribution < 1.29 is 4.79 Å². The third kappa shape index (κ3) is 4.83. The molecule has 4 heteroatoms. The molecule has 1 unspecified atom stereocenters. The molecule has 1 amide bonds. The van der Waals surface area contributed by atoms with E-state index in [0.29, 0.717) is 19.1 Å². The fourth-order valence-corrected chi connectivity index (χ4v) is 2.80. The largest absolute Gasteiger partial charge is 0.340 e. The number of carbonyl (C=O) groups excluding carboxylic acids is 1. The number of hydrogen-bond acceptors (Lipinski definition) is 3. The van der Waals surface area contributed by atoms with Crippen molar-refractivity contribution in [2.45, 2.75) is 32.4 Å². The normalized spacial score (nSPS) is 19.5. The van der Waals surface area contributed by atoms with Crippen molar-refractivity contribution in [3.63, 3.8) is 0 Å². The van der Waals surface area contributed by atoms with Crippen LogP contribution in [0.15, 0.2) is 24.3 Å². The average molecular weight is 289 g/mol. The van der Waals surface area contributed by atoms with Gasteiger partial charge in [0.1, 0.15) is 0 Å². The first-order valence-corrected chi connectivity index (χ1v) is 7.77. The maximum Gasteiger partial charge on any atom is 0.236 e. The van der Waals surface area contributed by atoms with Crippen LogP contribution in [-0.4, -0.2) is 55.5 Å². The summed E-state index contributed by atoms with van der Waals surface area (Å²) in [6.45, 7) is 5.29. The molecule has 1 aliphatic rings. The molecule has 1 N–H and O–H groups in total. The van der Waals surface area contributed by atoms with Crippen molar-refractivity contribution in [1.29, 1.82) is 0 Å². The van der Waals surface area contributed by atoms with Gasteiger partial charge in [0, 0.05) is 26.2 Å². The van der Waals surface area contributed by atoms with E-state index in [0.717, 1.165) is 13.1 Å². The third-order valence-corrected chi connectivity index (χ3v) is 4.24. The van der Waals surface area contributed by atoms with Crippen LogP contribution in [0.5, 0.6) is 0 Å². The number of carbonyl (C=O) groups is 1. The molecule has 1 aliphatic heterocycles. The summed E-state index contributed by atoms with van der Waals surface area (Å²) in [6.07, 6.45) is 2.38. The molecule has 0 aliphatic carbocycles. The van der Waals surface area contributed by atoms with Gasteiger partial charge in [-0.15, -0.1) is 0 Å². The van der Waals surface area contributed by atoms with Crippen molar-refractivity contribution in [3.8, 4) is 0 Å². The summed E-state index contributed by atoms with van der Waals surface area (Å²) in [7, 11) is 3.89. The van der Waals surface area contributed by atoms with Crippen LogP contribution in [0.25, 0.3) is 0 Å². The van der Waals surface area contributed by atoms with Gasteiger partial charge < -0.3 is 10.2 Å². The Morgan fingerprint density at radius 3 is 2.76 bits per heavy atom. The smallest absolute Gasteiger partial charge is 0.236 e. The molecule has 1 aromatic carbocycles. The molecule has 1 atom stereocenters. The van der Waals surface area contributed by atoms with Gasteiger partial charge in [0.2, 0.25) is 5.91 Å². The zero-order valence-electron chi connectivity index (χ0n) is 13.4. The van der Waals surface area contributed by atoms with Gasteiger partial charge >= 0.3 is 0 Å². The molecule has 2 rings (SSSR count). The SMILES string of the molecule is CNC1CCCN(CC(=O)N(C)Cc2ccc(C)cc2)C1. The van der Waals surface area contributed by atoms with E-state index in [1.54, 1.807) is 0 Å². The third-order valence-electron chi connectivity index (χ3n) is 4.24. The highest BCUT2D eigenvalue weighted by Crippen LogP contribution is 2.11. The summed E-state index contributed by atoms with van der Waals surface area (Å²) in [6, 6.07) is 8.90. The van der Waals surface area contributed by atoms with Crippen molar-refractivity contribution in [1.82, 2.24) is 15.1 Å². The number of likely N-dealkylation sites (N-methyl/N-ethyl adjacent to an activating group) is 2. The summed E-state index contributed by atoms with van der Waals surface area (Å²) < 4.78 is 0. The van der Waals surface area contributed by atoms with E-state index >= 15 is 0 Å². The van der Waals surface area contributed by atoms with E-state index in [-0.39, 0.29) is 5.91 Å². The lowest BCUT2D eigenvalue weighted by atomic mass is 10.1. The molecule has 4 nitrogen and oxygen atoms in total. The number of aryl methyl sites for hydroxylation is 1. The first-order chi connectivity index (χ1) is 10.1. The minimum atomic E-state index is 0.201. The minimum absolute atomic E-state index is 0.201. The summed E-state index contributed by atoms with van der Waals surface area (Å²) >= 11 is 0. The molecule has 0 radical (unpaired) electrons. The Labute approximate surface area is 128 Å². The fourth-order valence-electron chi connectivity index (χ4n) is 2.80. The molecule has 0 bridgehead atoms. The highest BCUT2D eigenvalue weighted by molar-refractivity contribution is 5.78. The number of rotatable bonds is 5. The average Bonchev–Trinajstić information content (AvgIpc) is 2.49. The Morgan fingerprint density at radius 1 is 1.38 bits per heavy atom. The van der Waals surface area contributed by atoms with E-state index in [1.807, 2.05) is 19.0 Å². The highest BCUT2D eigenvalue weighted by Gasteiger charge is 2.21. The molecule has 1 saturated heterocycles. The van der Waals surface area contributed by atoms with E-state index in [4.69, 9.17) is 0 Å². The van der Waals surface area contributed by atoms with Gasteiger partial charge in [-0.2, -0.15) is 0 Å². The lowest BCUT2D eigenvalue weighted by Gasteiger charge is -2.33. The number of hydrogen-bond donors (Lipinski definition) is 1. The van der Waals surface area contributed by atoms with Crippen LogP contribution in [0.2, 0.25) is 0 Å². The lowest BCUT2D eigenvalue weighted by molar-refractivity contribution is -0.132. The van der Waals surface area contributed by atoms with Crippen molar-refractivity contribution >= 4 is 5.91 Å². The zero-order chi connectivity index (χ0) is 15.2. The van der Waals surface area contributed by atoms with Gasteiger partial charge in [0.15, 0.2) is 0 Å². The molecule has 1 fully saturated rings. The van der Waals surface area contributed by atoms with Gasteiger partial charge in [0.25, 0.3) is 0 Å². The summed E-state index contributed by atoms with van der Waals surface area (Å²) in [5.41, 5.74) is 2.43. The fraction of sp³-hybridized carbons (Fsp3) is 0.588. The van der Waals surface area contributed by atoms with Crippen LogP contribution >= 0.6 is 0 Å². The predicted molar refractivity (Wildman–Crippen MR) is 86.2 cm³/mol. The predicted octanol–water partition coefficient (Wildman–Crippen LogP) is 1.64. The number of piperidine rings is 1. The minimum Gasteiger partial charge on any atom is -0.340 e. The quantitative estimate of drug-likeness (QED) is 0.895. The molecule has 0 aromatic heterocycles. The zero-order valence-corrected chi connectivity index (χ0v) is 13.4. The molecule has 21 heavy (non-hydrogen) atoms. The summed E-state index contributed by atoms with van der Waals surface area (Å²) in [5.74, 6) is 0.201. The molecule has 116 valence electrons. The molecule has 1 heterocycles. The number of likely N-dealkylation sites (tertiary alicyclic amines) is 1. The van der Waals surface area contributed by atoms with Crippen LogP contribution < -0.4 is 5.32 Å². The lowest BCUT2D eigenvalue weighted by Crippen LogP contribution is -2.48. The number of nitrogens with zero attached hydrogens (tertiary/aromatic N) is 2. The van der Waals surface area contributed by atoms with Gasteiger partial charge in [0.05, 0.1) is 6.54 Å². The van der Waals surface area contributed by atoms with Crippen molar-refractivity contribution in [2.75, 3.05) is 33.7 Å². The van der Waals surface area contributed by atoms with Crippen LogP contribution in [0.3, 0.4) is 0 Å². The Hall–Kier alpha value is -1.39. The first-order valence-electron chi connectivity index (χ1n) is 7.77. The molecular weight excluding hydrogens is 262 g/mol. The Kier molecular flexibility index (Phi) is 5.76. The molecule has 1 aromatic rings. The number of nitrogens with one attached hydrogen (secondary N) is 1. The number of amides is 1. The Balaban J connectivity index is 1.83. The molecule has 0 spiro atoms. The second-order valence-electron chi connectivity index (χ2n) is 6.10. The maximum absolute atomic E-state index is 12.3. The van der Waals surface area contributed by atoms with Crippen LogP contribution in [0, 0.1) is 6.92 Å². The van der Waals surface area contributed by atoms with E-state index < -0.39 is 0 Å². The van der Waals surface area contributed by atoms with Gasteiger partial charge in [-0.3, -0.25) is 9.69 Å². The van der Waals surface area contributed by atoms with Gasteiger partial charge in [-0.25, -0.2) is 0 Å². The topological polar surface area (TPSA) is 35.6 Å². The monoisotopic (exact) mass is 289 g/mol. The second kappa shape index (κ2) is 7.57. The first kappa shape index (κ1) is 16.0. The summed E-state index contributed by atoms with van der Waals surface area (Å²) in [4.78, 5) is 16.4. The summed E-state index contributed by atoms with van der Waals surface area (Å²) in [5, 5.41) is 3.31. The van der Waals surface area contributed by atoms with Crippen LogP contribution in [-0.2, 0) is 11.3 Å². The van der Waals surface area contributed by atoms with E-state index in [2.05, 4.69) is 41.4 Å². The van der Waals surface area contributed by atoms with E-state index in [1.165, 1.54) is 24.0 Å². The van der Waals surface area contributed by atoms with Crippen LogP contribution in [0.4, 0.5) is 0 Å². The van der Waals surface area contributed by atoms with Crippen LogP contribution in [0.1, 0.15) is 24.0 Å². The second-order valence-corrected chi connectivity index (χ2v) is 6.10. The molecular formula is C17H27N3O. The number of benzene rings is 1. The maximum atomic E-state index is 12.3. The van der Waals surface area contributed by atoms with Crippen molar-refractivity contribution in [3.05, 3.63) is 35.4 Å². The standard InChI is InChI=1S/C17H27N3O/c1-14-6-8-15(9-7-14)11-19(3)17(21)13-20-10-4-5-16(12-20)18-2/h6-9,16,18H,4-5,10-13H2,1-3H3.